The zero-order valence-corrected chi connectivity index (χ0v) is 10.8. The summed E-state index contributed by atoms with van der Waals surface area (Å²) in [6, 6.07) is 5.55. The van der Waals surface area contributed by atoms with E-state index in [-0.39, 0.29) is 0 Å². The number of allylic oxidation sites excluding steroid dienone is 1. The van der Waals surface area contributed by atoms with Gasteiger partial charge in [-0.05, 0) is 37.1 Å². The van der Waals surface area contributed by atoms with Crippen LogP contribution in [0.2, 0.25) is 0 Å². The van der Waals surface area contributed by atoms with Gasteiger partial charge in [0.2, 0.25) is 0 Å². The van der Waals surface area contributed by atoms with Gasteiger partial charge >= 0.3 is 0 Å². The van der Waals surface area contributed by atoms with Crippen molar-refractivity contribution in [2.24, 2.45) is 0 Å². The van der Waals surface area contributed by atoms with E-state index < -0.39 is 0 Å². The standard InChI is InChI=1S/C14H21NS/c1-2-7-13(14-10-6-11-16-14)15-12-8-4-3-5-9-12/h4,6,8,10-13,15H,2-3,5,7,9H2,1H3. The monoisotopic (exact) mass is 235 g/mol. The lowest BCUT2D eigenvalue weighted by Gasteiger charge is -2.24. The predicted molar refractivity (Wildman–Crippen MR) is 71.9 cm³/mol. The van der Waals surface area contributed by atoms with Crippen molar-refractivity contribution in [2.75, 3.05) is 0 Å². The fourth-order valence-corrected chi connectivity index (χ4v) is 3.12. The van der Waals surface area contributed by atoms with Crippen molar-refractivity contribution in [1.29, 1.82) is 0 Å². The number of hydrogen-bond acceptors (Lipinski definition) is 2. The Bertz CT molecular complexity index is 315. The Morgan fingerprint density at radius 2 is 2.50 bits per heavy atom. The molecule has 0 aliphatic heterocycles. The molecule has 1 aromatic rings. The molecule has 0 aromatic carbocycles. The molecular weight excluding hydrogens is 214 g/mol. The molecule has 2 heteroatoms. The largest absolute Gasteiger partial charge is 0.303 e. The lowest BCUT2D eigenvalue weighted by Crippen LogP contribution is -2.32. The summed E-state index contributed by atoms with van der Waals surface area (Å²) >= 11 is 1.87. The molecule has 1 N–H and O–H groups in total. The van der Waals surface area contributed by atoms with Crippen molar-refractivity contribution in [2.45, 2.75) is 51.1 Å². The summed E-state index contributed by atoms with van der Waals surface area (Å²) in [6.07, 6.45) is 11.0. The Balaban J connectivity index is 1.97. The van der Waals surface area contributed by atoms with Crippen LogP contribution in [0.4, 0.5) is 0 Å². The van der Waals surface area contributed by atoms with Crippen molar-refractivity contribution < 1.29 is 0 Å². The van der Waals surface area contributed by atoms with Gasteiger partial charge in [0, 0.05) is 17.0 Å². The van der Waals surface area contributed by atoms with Gasteiger partial charge in [-0.1, -0.05) is 31.6 Å². The van der Waals surface area contributed by atoms with Gasteiger partial charge in [0.05, 0.1) is 0 Å². The number of nitrogens with one attached hydrogen (secondary N) is 1. The average molecular weight is 235 g/mol. The maximum absolute atomic E-state index is 3.78. The van der Waals surface area contributed by atoms with Gasteiger partial charge in [0.1, 0.15) is 0 Å². The van der Waals surface area contributed by atoms with Crippen molar-refractivity contribution in [3.63, 3.8) is 0 Å². The molecule has 0 bridgehead atoms. The molecule has 0 amide bonds. The van der Waals surface area contributed by atoms with Gasteiger partial charge in [0.25, 0.3) is 0 Å². The van der Waals surface area contributed by atoms with Gasteiger partial charge in [-0.2, -0.15) is 0 Å². The van der Waals surface area contributed by atoms with Crippen LogP contribution >= 0.6 is 11.3 Å². The lowest BCUT2D eigenvalue weighted by atomic mass is 10.0. The second-order valence-electron chi connectivity index (χ2n) is 4.49. The van der Waals surface area contributed by atoms with E-state index in [9.17, 15) is 0 Å². The van der Waals surface area contributed by atoms with Crippen LogP contribution in [0.1, 0.15) is 49.9 Å². The molecule has 88 valence electrons. The summed E-state index contributed by atoms with van der Waals surface area (Å²) in [5.41, 5.74) is 0. The Labute approximate surface area is 103 Å². The summed E-state index contributed by atoms with van der Waals surface area (Å²) < 4.78 is 0. The van der Waals surface area contributed by atoms with E-state index in [1.54, 1.807) is 0 Å². The topological polar surface area (TPSA) is 12.0 Å². The van der Waals surface area contributed by atoms with Crippen LogP contribution in [-0.4, -0.2) is 6.04 Å². The van der Waals surface area contributed by atoms with E-state index in [1.807, 2.05) is 11.3 Å². The molecule has 0 fully saturated rings. The fraction of sp³-hybridized carbons (Fsp3) is 0.571. The zero-order chi connectivity index (χ0) is 11.2. The fourth-order valence-electron chi connectivity index (χ4n) is 2.30. The highest BCUT2D eigenvalue weighted by Gasteiger charge is 2.16. The van der Waals surface area contributed by atoms with Crippen LogP contribution in [0.25, 0.3) is 0 Å². The molecule has 16 heavy (non-hydrogen) atoms. The molecule has 1 aliphatic rings. The highest BCUT2D eigenvalue weighted by atomic mass is 32.1. The van der Waals surface area contributed by atoms with Crippen LogP contribution in [0.3, 0.4) is 0 Å². The molecule has 2 atom stereocenters. The zero-order valence-electron chi connectivity index (χ0n) is 9.99. The van der Waals surface area contributed by atoms with Gasteiger partial charge < -0.3 is 5.32 Å². The maximum atomic E-state index is 3.78. The molecule has 1 nitrogen and oxygen atoms in total. The van der Waals surface area contributed by atoms with E-state index in [4.69, 9.17) is 0 Å². The molecule has 0 radical (unpaired) electrons. The van der Waals surface area contributed by atoms with E-state index in [0.29, 0.717) is 12.1 Å². The SMILES string of the molecule is CCCC(NC1C=CCCC1)c1cccs1. The number of thiophene rings is 1. The highest BCUT2D eigenvalue weighted by Crippen LogP contribution is 2.25. The highest BCUT2D eigenvalue weighted by molar-refractivity contribution is 7.10. The van der Waals surface area contributed by atoms with Crippen LogP contribution < -0.4 is 5.32 Å². The van der Waals surface area contributed by atoms with Crippen LogP contribution in [0.15, 0.2) is 29.7 Å². The summed E-state index contributed by atoms with van der Waals surface area (Å²) in [5.74, 6) is 0. The third-order valence-corrected chi connectivity index (χ3v) is 4.12. The van der Waals surface area contributed by atoms with E-state index in [0.717, 1.165) is 0 Å². The summed E-state index contributed by atoms with van der Waals surface area (Å²) in [6.45, 7) is 2.26. The van der Waals surface area contributed by atoms with Crippen molar-refractivity contribution >= 4 is 11.3 Å². The molecule has 0 saturated heterocycles. The van der Waals surface area contributed by atoms with Gasteiger partial charge in [-0.15, -0.1) is 11.3 Å². The second-order valence-corrected chi connectivity index (χ2v) is 5.47. The first-order valence-corrected chi connectivity index (χ1v) is 7.24. The van der Waals surface area contributed by atoms with Crippen molar-refractivity contribution in [3.8, 4) is 0 Å². The minimum atomic E-state index is 0.553. The normalized spacial score (nSPS) is 22.2. The average Bonchev–Trinajstić information content (AvgIpc) is 2.83. The summed E-state index contributed by atoms with van der Waals surface area (Å²) in [4.78, 5) is 1.49. The Kier molecular flexibility index (Phi) is 4.61. The molecular formula is C14H21NS. The summed E-state index contributed by atoms with van der Waals surface area (Å²) in [5, 5.41) is 5.96. The first kappa shape index (κ1) is 11.9. The van der Waals surface area contributed by atoms with E-state index in [2.05, 4.69) is 41.9 Å². The minimum absolute atomic E-state index is 0.553. The molecule has 0 saturated carbocycles. The van der Waals surface area contributed by atoms with E-state index in [1.165, 1.54) is 37.0 Å². The maximum Gasteiger partial charge on any atom is 0.0419 e. The summed E-state index contributed by atoms with van der Waals surface area (Å²) in [7, 11) is 0. The number of rotatable bonds is 5. The molecule has 2 unspecified atom stereocenters. The first-order chi connectivity index (χ1) is 7.90. The second kappa shape index (κ2) is 6.21. The van der Waals surface area contributed by atoms with Gasteiger partial charge in [-0.3, -0.25) is 0 Å². The smallest absolute Gasteiger partial charge is 0.0419 e. The first-order valence-electron chi connectivity index (χ1n) is 6.36. The van der Waals surface area contributed by atoms with Crippen LogP contribution in [0.5, 0.6) is 0 Å². The Hall–Kier alpha value is -0.600. The van der Waals surface area contributed by atoms with Gasteiger partial charge in [0.15, 0.2) is 0 Å². The van der Waals surface area contributed by atoms with Crippen LogP contribution in [0, 0.1) is 0 Å². The molecule has 1 heterocycles. The molecule has 1 aliphatic carbocycles. The predicted octanol–water partition coefficient (Wildman–Crippen LogP) is 4.29. The Morgan fingerprint density at radius 1 is 1.56 bits per heavy atom. The van der Waals surface area contributed by atoms with Gasteiger partial charge in [-0.25, -0.2) is 0 Å². The van der Waals surface area contributed by atoms with E-state index >= 15 is 0 Å². The lowest BCUT2D eigenvalue weighted by molar-refractivity contribution is 0.429. The number of hydrogen-bond donors (Lipinski definition) is 1. The van der Waals surface area contributed by atoms with Crippen LogP contribution in [-0.2, 0) is 0 Å². The molecule has 0 spiro atoms. The third-order valence-electron chi connectivity index (χ3n) is 3.13. The minimum Gasteiger partial charge on any atom is -0.303 e. The Morgan fingerprint density at radius 3 is 3.12 bits per heavy atom. The third kappa shape index (κ3) is 3.19. The molecule has 2 rings (SSSR count). The van der Waals surface area contributed by atoms with Crippen molar-refractivity contribution in [1.82, 2.24) is 5.32 Å². The van der Waals surface area contributed by atoms with Crippen molar-refractivity contribution in [3.05, 3.63) is 34.5 Å². The quantitative estimate of drug-likeness (QED) is 0.751. The molecule has 1 aromatic heterocycles.